The molecule has 8 heteroatoms. The van der Waals surface area contributed by atoms with Crippen molar-refractivity contribution in [3.63, 3.8) is 0 Å². The summed E-state index contributed by atoms with van der Waals surface area (Å²) >= 11 is 13.2. The number of carbonyl (C=O) groups excluding carboxylic acids is 1. The fourth-order valence-electron chi connectivity index (χ4n) is 1.47. The molecule has 1 aromatic carbocycles. The molecule has 0 bridgehead atoms. The summed E-state index contributed by atoms with van der Waals surface area (Å²) in [4.78, 5) is 16.6. The SMILES string of the molecule is CC(C)c1noc(COC(=O)CSc2cc(Cl)ccc2Cl)n1. The largest absolute Gasteiger partial charge is 0.455 e. The molecule has 2 aromatic rings. The van der Waals surface area contributed by atoms with E-state index in [-0.39, 0.29) is 24.2 Å². The van der Waals surface area contributed by atoms with E-state index in [9.17, 15) is 4.79 Å². The van der Waals surface area contributed by atoms with Crippen molar-refractivity contribution in [1.82, 2.24) is 10.1 Å². The number of hydrogen-bond acceptors (Lipinski definition) is 6. The fourth-order valence-corrected chi connectivity index (χ4v) is 2.76. The van der Waals surface area contributed by atoms with Crippen LogP contribution in [-0.4, -0.2) is 21.9 Å². The van der Waals surface area contributed by atoms with Gasteiger partial charge in [0.1, 0.15) is 0 Å². The van der Waals surface area contributed by atoms with Crippen LogP contribution in [0.1, 0.15) is 31.5 Å². The molecular formula is C14H14Cl2N2O3S. The molecule has 0 aliphatic rings. The molecule has 0 saturated carbocycles. The molecule has 0 radical (unpaired) electrons. The first kappa shape index (κ1) is 17.1. The first-order valence-electron chi connectivity index (χ1n) is 6.51. The molecule has 2 rings (SSSR count). The Morgan fingerprint density at radius 3 is 2.86 bits per heavy atom. The van der Waals surface area contributed by atoms with Crippen molar-refractivity contribution >= 4 is 40.9 Å². The van der Waals surface area contributed by atoms with Gasteiger partial charge in [0.25, 0.3) is 5.89 Å². The molecule has 0 fully saturated rings. The second-order valence-corrected chi connectivity index (χ2v) is 6.59. The molecule has 118 valence electrons. The number of aromatic nitrogens is 2. The van der Waals surface area contributed by atoms with Gasteiger partial charge in [-0.2, -0.15) is 4.98 Å². The number of halogens is 2. The summed E-state index contributed by atoms with van der Waals surface area (Å²) < 4.78 is 10.1. The maximum Gasteiger partial charge on any atom is 0.316 e. The molecule has 0 unspecified atom stereocenters. The minimum Gasteiger partial charge on any atom is -0.455 e. The third-order valence-corrected chi connectivity index (χ3v) is 4.30. The van der Waals surface area contributed by atoms with Gasteiger partial charge in [-0.3, -0.25) is 4.79 Å². The second-order valence-electron chi connectivity index (χ2n) is 4.73. The number of hydrogen-bond donors (Lipinski definition) is 0. The van der Waals surface area contributed by atoms with Crippen molar-refractivity contribution in [3.05, 3.63) is 40.0 Å². The lowest BCUT2D eigenvalue weighted by Gasteiger charge is -2.04. The Balaban J connectivity index is 1.81. The summed E-state index contributed by atoms with van der Waals surface area (Å²) in [6, 6.07) is 5.08. The second kappa shape index (κ2) is 7.85. The van der Waals surface area contributed by atoms with Gasteiger partial charge in [0.2, 0.25) is 0 Å². The van der Waals surface area contributed by atoms with Crippen molar-refractivity contribution in [2.75, 3.05) is 5.75 Å². The van der Waals surface area contributed by atoms with Crippen LogP contribution in [0.5, 0.6) is 0 Å². The summed E-state index contributed by atoms with van der Waals surface area (Å²) in [6.07, 6.45) is 0. The summed E-state index contributed by atoms with van der Waals surface area (Å²) in [5.41, 5.74) is 0. The van der Waals surface area contributed by atoms with Crippen LogP contribution in [0.4, 0.5) is 0 Å². The number of esters is 1. The van der Waals surface area contributed by atoms with Gasteiger partial charge in [0, 0.05) is 15.8 Å². The van der Waals surface area contributed by atoms with Gasteiger partial charge < -0.3 is 9.26 Å². The Morgan fingerprint density at radius 2 is 2.18 bits per heavy atom. The van der Waals surface area contributed by atoms with Gasteiger partial charge in [0.05, 0.1) is 10.8 Å². The van der Waals surface area contributed by atoms with E-state index in [4.69, 9.17) is 32.5 Å². The molecule has 0 N–H and O–H groups in total. The van der Waals surface area contributed by atoms with E-state index in [1.54, 1.807) is 18.2 Å². The van der Waals surface area contributed by atoms with Crippen molar-refractivity contribution < 1.29 is 14.1 Å². The molecule has 1 heterocycles. The molecule has 0 spiro atoms. The van der Waals surface area contributed by atoms with Crippen molar-refractivity contribution in [2.24, 2.45) is 0 Å². The Bertz CT molecular complexity index is 661. The molecule has 0 atom stereocenters. The Kier molecular flexibility index (Phi) is 6.11. The van der Waals surface area contributed by atoms with Crippen LogP contribution in [-0.2, 0) is 16.1 Å². The van der Waals surface area contributed by atoms with Crippen molar-refractivity contribution in [3.8, 4) is 0 Å². The van der Waals surface area contributed by atoms with Gasteiger partial charge in [-0.25, -0.2) is 0 Å². The molecule has 5 nitrogen and oxygen atoms in total. The molecule has 0 amide bonds. The number of ether oxygens (including phenoxy) is 1. The summed E-state index contributed by atoms with van der Waals surface area (Å²) in [7, 11) is 0. The summed E-state index contributed by atoms with van der Waals surface area (Å²) in [5.74, 6) is 0.749. The Morgan fingerprint density at radius 1 is 1.41 bits per heavy atom. The van der Waals surface area contributed by atoms with Crippen molar-refractivity contribution in [2.45, 2.75) is 31.3 Å². The maximum atomic E-state index is 11.7. The molecule has 0 saturated heterocycles. The predicted molar refractivity (Wildman–Crippen MR) is 85.4 cm³/mol. The number of thioether (sulfide) groups is 1. The van der Waals surface area contributed by atoms with Crippen LogP contribution in [0.25, 0.3) is 0 Å². The highest BCUT2D eigenvalue weighted by atomic mass is 35.5. The van der Waals surface area contributed by atoms with Crippen molar-refractivity contribution in [1.29, 1.82) is 0 Å². The van der Waals surface area contributed by atoms with Gasteiger partial charge in [-0.05, 0) is 18.2 Å². The zero-order valence-electron chi connectivity index (χ0n) is 12.0. The van der Waals surface area contributed by atoms with E-state index in [2.05, 4.69) is 10.1 Å². The number of rotatable bonds is 6. The summed E-state index contributed by atoms with van der Waals surface area (Å²) in [6.45, 7) is 3.86. The lowest BCUT2D eigenvalue weighted by molar-refractivity contribution is -0.142. The Hall–Kier alpha value is -1.24. The van der Waals surface area contributed by atoms with Gasteiger partial charge >= 0.3 is 5.97 Å². The minimum atomic E-state index is -0.398. The molecule has 22 heavy (non-hydrogen) atoms. The molecule has 1 aromatic heterocycles. The van der Waals surface area contributed by atoms with Crippen LogP contribution in [0.3, 0.4) is 0 Å². The van der Waals surface area contributed by atoms with Gasteiger partial charge in [-0.15, -0.1) is 11.8 Å². The fraction of sp³-hybridized carbons (Fsp3) is 0.357. The topological polar surface area (TPSA) is 65.2 Å². The van der Waals surface area contributed by atoms with E-state index in [1.807, 2.05) is 13.8 Å². The lowest BCUT2D eigenvalue weighted by atomic mass is 10.2. The lowest BCUT2D eigenvalue weighted by Crippen LogP contribution is -2.07. The van der Waals surface area contributed by atoms with E-state index >= 15 is 0 Å². The quantitative estimate of drug-likeness (QED) is 0.563. The highest BCUT2D eigenvalue weighted by Crippen LogP contribution is 2.29. The van der Waals surface area contributed by atoms with E-state index in [0.717, 1.165) is 4.90 Å². The average Bonchev–Trinajstić information content (AvgIpc) is 2.95. The molecule has 0 aliphatic carbocycles. The van der Waals surface area contributed by atoms with E-state index < -0.39 is 5.97 Å². The number of nitrogens with zero attached hydrogens (tertiary/aromatic N) is 2. The Labute approximate surface area is 142 Å². The smallest absolute Gasteiger partial charge is 0.316 e. The molecule has 0 aliphatic heterocycles. The summed E-state index contributed by atoms with van der Waals surface area (Å²) in [5, 5.41) is 4.90. The van der Waals surface area contributed by atoms with E-state index in [0.29, 0.717) is 15.9 Å². The zero-order chi connectivity index (χ0) is 16.1. The van der Waals surface area contributed by atoms with Crippen LogP contribution < -0.4 is 0 Å². The van der Waals surface area contributed by atoms with Crippen LogP contribution >= 0.6 is 35.0 Å². The zero-order valence-corrected chi connectivity index (χ0v) is 14.3. The minimum absolute atomic E-state index is 0.0393. The number of benzene rings is 1. The van der Waals surface area contributed by atoms with Gasteiger partial charge in [-0.1, -0.05) is 42.2 Å². The van der Waals surface area contributed by atoms with Crippen LogP contribution in [0.2, 0.25) is 10.0 Å². The predicted octanol–water partition coefficient (Wildman–Crippen LogP) is 4.34. The normalized spacial score (nSPS) is 11.0. The third-order valence-electron chi connectivity index (χ3n) is 2.60. The van der Waals surface area contributed by atoms with Crippen LogP contribution in [0.15, 0.2) is 27.6 Å². The average molecular weight is 361 g/mol. The molecular weight excluding hydrogens is 347 g/mol. The highest BCUT2D eigenvalue weighted by molar-refractivity contribution is 8.00. The monoisotopic (exact) mass is 360 g/mol. The van der Waals surface area contributed by atoms with Gasteiger partial charge in [0.15, 0.2) is 12.4 Å². The first-order chi connectivity index (χ1) is 10.5. The highest BCUT2D eigenvalue weighted by Gasteiger charge is 2.12. The standard InChI is InChI=1S/C14H14Cl2N2O3S/c1-8(2)14-17-12(21-18-14)6-20-13(19)7-22-11-5-9(15)3-4-10(11)16/h3-5,8H,6-7H2,1-2H3. The van der Waals surface area contributed by atoms with Crippen LogP contribution in [0, 0.1) is 0 Å². The number of carbonyl (C=O) groups is 1. The first-order valence-corrected chi connectivity index (χ1v) is 8.26. The maximum absolute atomic E-state index is 11.7. The van der Waals surface area contributed by atoms with E-state index in [1.165, 1.54) is 11.8 Å². The third kappa shape index (κ3) is 4.90.